The second kappa shape index (κ2) is 8.10. The molecule has 0 aromatic carbocycles. The van der Waals surface area contributed by atoms with Crippen molar-refractivity contribution in [2.75, 3.05) is 13.2 Å². The molecule has 0 aliphatic carbocycles. The molecule has 28 heavy (non-hydrogen) atoms. The van der Waals surface area contributed by atoms with E-state index in [-0.39, 0.29) is 12.8 Å². The van der Waals surface area contributed by atoms with E-state index < -0.39 is 98.7 Å². The minimum absolute atomic E-state index is 0.215. The van der Waals surface area contributed by atoms with Crippen LogP contribution in [0, 0.1) is 0 Å². The van der Waals surface area contributed by atoms with E-state index in [9.17, 15) is 15.5 Å². The first-order valence-electron chi connectivity index (χ1n) is 17.5. The zero-order valence-electron chi connectivity index (χ0n) is 33.5. The van der Waals surface area contributed by atoms with Gasteiger partial charge in [-0.25, -0.2) is 0 Å². The second-order valence-electron chi connectivity index (χ2n) is 8.66. The van der Waals surface area contributed by atoms with Gasteiger partial charge in [0.2, 0.25) is 0 Å². The highest BCUT2D eigenvalue weighted by Crippen LogP contribution is 2.38. The average molecular weight is 417 g/mol. The average Bonchev–Trinajstić information content (AvgIpc) is 2.74. The maximum absolute atomic E-state index is 14.0. The molecule has 2 heterocycles. The SMILES string of the molecule is [2H]C([2H])([2H])C1(C([2H])([2H])[2H])N([O])C(C([2H])([2H])[2H])(C([2H])([2H])[2H])C([2H])([2H])C([2H])(NCC(O)COC2CC(C)(C)N([O])C(C)(C)C2)C1([2H])[2H]. The highest BCUT2D eigenvalue weighted by Gasteiger charge is 2.47. The molecule has 2 aliphatic heterocycles. The van der Waals surface area contributed by atoms with Crippen LogP contribution in [0.1, 0.15) is 104 Å². The van der Waals surface area contributed by atoms with Crippen molar-refractivity contribution < 1.29 is 43.6 Å². The summed E-state index contributed by atoms with van der Waals surface area (Å²) in [7, 11) is 0. The largest absolute Gasteiger partial charge is 0.389 e. The van der Waals surface area contributed by atoms with Gasteiger partial charge in [-0.1, -0.05) is 0 Å². The summed E-state index contributed by atoms with van der Waals surface area (Å²) in [4.78, 5) is 0. The number of aliphatic hydroxyl groups excluding tert-OH is 1. The summed E-state index contributed by atoms with van der Waals surface area (Å²) in [6.45, 7) is -12.5. The minimum atomic E-state index is -4.64. The Morgan fingerprint density at radius 2 is 1.54 bits per heavy atom. The van der Waals surface area contributed by atoms with Gasteiger partial charge in [0.15, 0.2) is 0 Å². The van der Waals surface area contributed by atoms with Crippen molar-refractivity contribution in [3.05, 3.63) is 0 Å². The van der Waals surface area contributed by atoms with Crippen LogP contribution < -0.4 is 5.32 Å². The smallest absolute Gasteiger partial charge is 0.0897 e. The number of aliphatic hydroxyl groups is 1. The zero-order valence-corrected chi connectivity index (χ0v) is 16.5. The Bertz CT molecular complexity index is 989. The molecule has 7 heteroatoms. The quantitative estimate of drug-likeness (QED) is 0.695. The molecule has 7 nitrogen and oxygen atoms in total. The lowest BCUT2D eigenvalue weighted by Gasteiger charge is -2.50. The first-order chi connectivity index (χ1) is 19.5. The van der Waals surface area contributed by atoms with Crippen LogP contribution in [-0.2, 0) is 15.2 Å². The summed E-state index contributed by atoms with van der Waals surface area (Å²) in [5, 5.41) is 38.6. The molecule has 0 saturated carbocycles. The van der Waals surface area contributed by atoms with Crippen LogP contribution in [0.5, 0.6) is 0 Å². The fourth-order valence-electron chi connectivity index (χ4n) is 3.65. The molecule has 0 spiro atoms. The molecular weight excluding hydrogens is 358 g/mol. The molecule has 164 valence electrons. The van der Waals surface area contributed by atoms with Gasteiger partial charge in [-0.05, 0) is 80.7 Å². The van der Waals surface area contributed by atoms with Gasteiger partial charge in [0.25, 0.3) is 0 Å². The third kappa shape index (κ3) is 5.45. The lowest BCUT2D eigenvalue weighted by Crippen LogP contribution is -2.62. The van der Waals surface area contributed by atoms with Crippen LogP contribution >= 0.6 is 0 Å². The van der Waals surface area contributed by atoms with Crippen molar-refractivity contribution in [3.63, 3.8) is 0 Å². The normalized spacial score (nSPS) is 45.2. The molecule has 0 aromatic rings. The van der Waals surface area contributed by atoms with Crippen molar-refractivity contribution in [2.45, 2.75) is 121 Å². The molecule has 2 radical (unpaired) electrons. The van der Waals surface area contributed by atoms with Gasteiger partial charge in [-0.3, -0.25) is 0 Å². The highest BCUT2D eigenvalue weighted by atomic mass is 16.5. The molecule has 2 rings (SSSR count). The summed E-state index contributed by atoms with van der Waals surface area (Å²) in [5.74, 6) is 0. The van der Waals surface area contributed by atoms with Crippen LogP contribution in [0.3, 0.4) is 0 Å². The van der Waals surface area contributed by atoms with Gasteiger partial charge in [-0.2, -0.15) is 0 Å². The predicted molar refractivity (Wildman–Crippen MR) is 107 cm³/mol. The molecule has 2 N–H and O–H groups in total. The maximum atomic E-state index is 14.0. The Hall–Kier alpha value is -0.280. The number of ether oxygens (including phenoxy) is 1. The Balaban J connectivity index is 2.71. The van der Waals surface area contributed by atoms with Gasteiger partial charge < -0.3 is 15.2 Å². The van der Waals surface area contributed by atoms with Gasteiger partial charge >= 0.3 is 0 Å². The van der Waals surface area contributed by atoms with Crippen molar-refractivity contribution in [2.24, 2.45) is 0 Å². The molecule has 1 atom stereocenters. The van der Waals surface area contributed by atoms with E-state index in [0.29, 0.717) is 0 Å². The second-order valence-corrected chi connectivity index (χ2v) is 8.66. The van der Waals surface area contributed by atoms with E-state index >= 15 is 0 Å². The summed E-state index contributed by atoms with van der Waals surface area (Å²) < 4.78 is 145. The molecule has 0 bridgehead atoms. The molecule has 2 fully saturated rings. The third-order valence-corrected chi connectivity index (χ3v) is 4.81. The first kappa shape index (κ1) is 9.47. The monoisotopic (exact) mass is 416 g/mol. The van der Waals surface area contributed by atoms with E-state index in [2.05, 4.69) is 0 Å². The molecule has 0 aromatic heterocycles. The van der Waals surface area contributed by atoms with Crippen LogP contribution in [0.4, 0.5) is 0 Å². The molecule has 2 aliphatic rings. The van der Waals surface area contributed by atoms with Gasteiger partial charge in [0.05, 0.1) is 18.8 Å². The number of hydrogen-bond donors (Lipinski definition) is 2. The van der Waals surface area contributed by atoms with Crippen molar-refractivity contribution in [1.82, 2.24) is 15.4 Å². The summed E-state index contributed by atoms with van der Waals surface area (Å²) in [6.07, 6.45) is -10.8. The van der Waals surface area contributed by atoms with Crippen LogP contribution in [-0.4, -0.2) is 68.8 Å². The standard InChI is InChI=1S/C21H41N3O4/c1-18(2)9-15(10-19(3,4)23(18)26)22-13-16(25)14-28-17-11-20(5,6)24(27)21(7,8)12-17/h15-17,22,25H,9-14H2,1-8H3/i1D3,2D3,3D3,4D3,9D2,10D2,15D. The van der Waals surface area contributed by atoms with Crippen LogP contribution in [0.15, 0.2) is 0 Å². The Morgan fingerprint density at radius 1 is 1.07 bits per heavy atom. The van der Waals surface area contributed by atoms with E-state index in [0.717, 1.165) is 5.06 Å². The zero-order chi connectivity index (χ0) is 36.1. The number of hydroxylamine groups is 4. The van der Waals surface area contributed by atoms with Gasteiger partial charge in [-0.15, -0.1) is 20.5 Å². The number of nitrogens with one attached hydrogen (secondary N) is 1. The maximum Gasteiger partial charge on any atom is 0.0897 e. The van der Waals surface area contributed by atoms with Crippen molar-refractivity contribution >= 4 is 0 Å². The topological polar surface area (TPSA) is 87.8 Å². The van der Waals surface area contributed by atoms with Crippen molar-refractivity contribution in [3.8, 4) is 0 Å². The first-order valence-corrected chi connectivity index (χ1v) is 8.99. The number of piperidine rings is 2. The fourth-order valence-corrected chi connectivity index (χ4v) is 3.65. The van der Waals surface area contributed by atoms with E-state index in [1.165, 1.54) is 0 Å². The van der Waals surface area contributed by atoms with Gasteiger partial charge in [0.1, 0.15) is 0 Å². The minimum Gasteiger partial charge on any atom is -0.389 e. The summed E-state index contributed by atoms with van der Waals surface area (Å²) in [6, 6.07) is -4.13. The van der Waals surface area contributed by atoms with E-state index in [4.69, 9.17) is 28.0 Å². The number of rotatable bonds is 6. The Kier molecular flexibility index (Phi) is 2.74. The highest BCUT2D eigenvalue weighted by molar-refractivity contribution is 4.99. The van der Waals surface area contributed by atoms with Crippen molar-refractivity contribution in [1.29, 1.82) is 0 Å². The van der Waals surface area contributed by atoms with E-state index in [1.54, 1.807) is 27.7 Å². The van der Waals surface area contributed by atoms with Crippen LogP contribution in [0.2, 0.25) is 0 Å². The van der Waals surface area contributed by atoms with Crippen LogP contribution in [0.25, 0.3) is 0 Å². The molecule has 1 unspecified atom stereocenters. The summed E-state index contributed by atoms with van der Waals surface area (Å²) in [5.41, 5.74) is -11.0. The van der Waals surface area contributed by atoms with Gasteiger partial charge in [0, 0.05) is 58.0 Å². The lowest BCUT2D eigenvalue weighted by molar-refractivity contribution is -0.301. The molecule has 0 amide bonds. The number of hydrogen-bond acceptors (Lipinski definition) is 5. The summed E-state index contributed by atoms with van der Waals surface area (Å²) >= 11 is 0. The molecule has 2 saturated heterocycles. The molecular formula is C21H41N3O4. The fraction of sp³-hybridized carbons (Fsp3) is 1.00. The Morgan fingerprint density at radius 3 is 2.00 bits per heavy atom. The third-order valence-electron chi connectivity index (χ3n) is 4.81. The Labute approximate surface area is 194 Å². The predicted octanol–water partition coefficient (Wildman–Crippen LogP) is 2.69. The number of nitrogens with zero attached hydrogens (tertiary/aromatic N) is 2. The van der Waals surface area contributed by atoms with E-state index in [1.807, 2.05) is 5.32 Å². The lowest BCUT2D eigenvalue weighted by atomic mass is 9.79.